The van der Waals surface area contributed by atoms with Gasteiger partial charge in [-0.1, -0.05) is 29.8 Å². The summed E-state index contributed by atoms with van der Waals surface area (Å²) < 4.78 is 71.4. The van der Waals surface area contributed by atoms with Gasteiger partial charge in [-0.3, -0.25) is 4.79 Å². The van der Waals surface area contributed by atoms with Crippen molar-refractivity contribution in [1.29, 1.82) is 0 Å². The number of carbonyl (C=O) groups is 1. The van der Waals surface area contributed by atoms with Crippen LogP contribution in [0.1, 0.15) is 36.5 Å². The molecule has 0 aliphatic rings. The van der Waals surface area contributed by atoms with Crippen molar-refractivity contribution in [3.05, 3.63) is 41.0 Å². The average molecular weight is 404 g/mol. The smallest absolute Gasteiger partial charge is 0.466 e. The summed E-state index contributed by atoms with van der Waals surface area (Å²) in [5.74, 6) is -2.22. The molecule has 0 fully saturated rings. The number of alkyl halides is 3. The number of fused-ring (bicyclic) bond motifs is 1. The second kappa shape index (κ2) is 7.38. The first-order chi connectivity index (χ1) is 12.4. The highest BCUT2D eigenvalue weighted by molar-refractivity contribution is 7.88. The average Bonchev–Trinajstić information content (AvgIpc) is 2.52. The van der Waals surface area contributed by atoms with Crippen LogP contribution in [-0.2, 0) is 19.6 Å². The van der Waals surface area contributed by atoms with Gasteiger partial charge in [-0.15, -0.1) is 0 Å². The van der Waals surface area contributed by atoms with E-state index >= 15 is 0 Å². The molecule has 27 heavy (non-hydrogen) atoms. The number of aryl methyl sites for hydroxylation is 2. The molecule has 2 rings (SSSR count). The van der Waals surface area contributed by atoms with Gasteiger partial charge in [0.15, 0.2) is 5.75 Å². The Balaban J connectivity index is 2.79. The third-order valence-corrected chi connectivity index (χ3v) is 5.00. The van der Waals surface area contributed by atoms with E-state index in [9.17, 15) is 26.4 Å². The Morgan fingerprint density at radius 1 is 1.19 bits per heavy atom. The molecule has 1 atom stereocenters. The zero-order valence-electron chi connectivity index (χ0n) is 15.2. The molecule has 1 unspecified atom stereocenters. The lowest BCUT2D eigenvalue weighted by atomic mass is 9.91. The molecule has 9 heteroatoms. The quantitative estimate of drug-likeness (QED) is 0.421. The Hall–Kier alpha value is -2.29. The summed E-state index contributed by atoms with van der Waals surface area (Å²) in [6.45, 7) is 6.45. The van der Waals surface area contributed by atoms with E-state index in [1.165, 1.54) is 13.0 Å². The third kappa shape index (κ3) is 4.18. The molecule has 2 aromatic rings. The molecule has 0 amide bonds. The van der Waals surface area contributed by atoms with Gasteiger partial charge in [0.05, 0.1) is 12.5 Å². The normalized spacial score (nSPS) is 13.4. The molecule has 0 radical (unpaired) electrons. The summed E-state index contributed by atoms with van der Waals surface area (Å²) in [7, 11) is -5.92. The summed E-state index contributed by atoms with van der Waals surface area (Å²) in [5, 5.41) is 0.657. The molecule has 0 aromatic heterocycles. The standard InChI is InChI=1S/C18H19F3O5S/c1-5-25-17(22)12(4)15-11(3)9-13-8-10(2)6-7-14(13)16(15)26-27(23,24)18(19,20)21/h6-9,12H,5H2,1-4H3. The number of benzene rings is 2. The van der Waals surface area contributed by atoms with Gasteiger partial charge < -0.3 is 8.92 Å². The van der Waals surface area contributed by atoms with Crippen molar-refractivity contribution in [2.75, 3.05) is 6.61 Å². The number of ether oxygens (including phenoxy) is 1. The summed E-state index contributed by atoms with van der Waals surface area (Å²) in [6, 6.07) is 6.44. The van der Waals surface area contributed by atoms with Gasteiger partial charge >= 0.3 is 21.6 Å². The van der Waals surface area contributed by atoms with Gasteiger partial charge in [0.2, 0.25) is 0 Å². The maximum atomic E-state index is 12.9. The van der Waals surface area contributed by atoms with Crippen molar-refractivity contribution in [3.63, 3.8) is 0 Å². The second-order valence-corrected chi connectivity index (χ2v) is 7.66. The summed E-state index contributed by atoms with van der Waals surface area (Å²) >= 11 is 0. The molecule has 0 saturated carbocycles. The number of halogens is 3. The van der Waals surface area contributed by atoms with Gasteiger partial charge in [0, 0.05) is 10.9 Å². The molecular weight excluding hydrogens is 385 g/mol. The Morgan fingerprint density at radius 3 is 2.37 bits per heavy atom. The van der Waals surface area contributed by atoms with Crippen molar-refractivity contribution in [2.24, 2.45) is 0 Å². The number of hydrogen-bond donors (Lipinski definition) is 0. The minimum absolute atomic E-state index is 0.0395. The van der Waals surface area contributed by atoms with Crippen molar-refractivity contribution < 1.29 is 35.3 Å². The molecule has 0 bridgehead atoms. The first-order valence-electron chi connectivity index (χ1n) is 8.10. The predicted octanol–water partition coefficient (Wildman–Crippen LogP) is 4.35. The van der Waals surface area contributed by atoms with Crippen LogP contribution in [0.3, 0.4) is 0 Å². The van der Waals surface area contributed by atoms with Crippen molar-refractivity contribution in [1.82, 2.24) is 0 Å². The number of rotatable bonds is 5. The molecule has 2 aromatic carbocycles. The van der Waals surface area contributed by atoms with Gasteiger partial charge in [-0.2, -0.15) is 21.6 Å². The number of esters is 1. The van der Waals surface area contributed by atoms with Gasteiger partial charge in [0.1, 0.15) is 0 Å². The minimum Gasteiger partial charge on any atom is -0.466 e. The van der Waals surface area contributed by atoms with E-state index < -0.39 is 33.3 Å². The maximum absolute atomic E-state index is 12.9. The Morgan fingerprint density at radius 2 is 1.81 bits per heavy atom. The fraction of sp³-hybridized carbons (Fsp3) is 0.389. The largest absolute Gasteiger partial charge is 0.534 e. The van der Waals surface area contributed by atoms with E-state index in [4.69, 9.17) is 4.74 Å². The lowest BCUT2D eigenvalue weighted by Crippen LogP contribution is -2.29. The Kier molecular flexibility index (Phi) is 5.74. The van der Waals surface area contributed by atoms with Crippen molar-refractivity contribution >= 4 is 26.9 Å². The van der Waals surface area contributed by atoms with E-state index in [2.05, 4.69) is 4.18 Å². The molecule has 148 valence electrons. The molecule has 0 heterocycles. The molecular formula is C18H19F3O5S. The molecule has 0 saturated heterocycles. The minimum atomic E-state index is -5.92. The fourth-order valence-corrected chi connectivity index (χ4v) is 3.31. The van der Waals surface area contributed by atoms with Gasteiger partial charge in [-0.25, -0.2) is 0 Å². The maximum Gasteiger partial charge on any atom is 0.534 e. The van der Waals surface area contributed by atoms with Crippen LogP contribution in [0, 0.1) is 13.8 Å². The number of hydrogen-bond acceptors (Lipinski definition) is 5. The first-order valence-corrected chi connectivity index (χ1v) is 9.51. The highest BCUT2D eigenvalue weighted by Crippen LogP contribution is 2.40. The van der Waals surface area contributed by atoms with Crippen molar-refractivity contribution in [2.45, 2.75) is 39.1 Å². The zero-order chi connectivity index (χ0) is 20.6. The van der Waals surface area contributed by atoms with Crippen LogP contribution < -0.4 is 4.18 Å². The first kappa shape index (κ1) is 21.0. The SMILES string of the molecule is CCOC(=O)C(C)c1c(C)cc2cc(C)ccc2c1OS(=O)(=O)C(F)(F)F. The van der Waals surface area contributed by atoms with E-state index in [0.29, 0.717) is 10.9 Å². The second-order valence-electron chi connectivity index (χ2n) is 6.12. The van der Waals surface area contributed by atoms with E-state index in [-0.39, 0.29) is 17.6 Å². The lowest BCUT2D eigenvalue weighted by molar-refractivity contribution is -0.144. The van der Waals surface area contributed by atoms with Crippen LogP contribution in [0.25, 0.3) is 10.8 Å². The molecule has 0 aliphatic carbocycles. The molecule has 5 nitrogen and oxygen atoms in total. The molecule has 0 aliphatic heterocycles. The van der Waals surface area contributed by atoms with Crippen LogP contribution in [0.15, 0.2) is 24.3 Å². The van der Waals surface area contributed by atoms with E-state index in [0.717, 1.165) is 5.56 Å². The van der Waals surface area contributed by atoms with Crippen LogP contribution in [0.4, 0.5) is 13.2 Å². The fourth-order valence-electron chi connectivity index (χ4n) is 2.81. The van der Waals surface area contributed by atoms with E-state index in [1.54, 1.807) is 39.0 Å². The van der Waals surface area contributed by atoms with Gasteiger partial charge in [0.25, 0.3) is 0 Å². The summed E-state index contributed by atoms with van der Waals surface area (Å²) in [5.41, 5.74) is -4.31. The van der Waals surface area contributed by atoms with E-state index in [1.807, 2.05) is 0 Å². The van der Waals surface area contributed by atoms with Crippen LogP contribution in [0.5, 0.6) is 5.75 Å². The summed E-state index contributed by atoms with van der Waals surface area (Å²) in [6.07, 6.45) is 0. The Labute approximate surface area is 155 Å². The highest BCUT2D eigenvalue weighted by atomic mass is 32.2. The Bertz CT molecular complexity index is 981. The summed E-state index contributed by atoms with van der Waals surface area (Å²) in [4.78, 5) is 12.2. The lowest BCUT2D eigenvalue weighted by Gasteiger charge is -2.21. The molecule has 0 N–H and O–H groups in total. The highest BCUT2D eigenvalue weighted by Gasteiger charge is 2.49. The topological polar surface area (TPSA) is 69.7 Å². The number of carbonyl (C=O) groups excluding carboxylic acids is 1. The van der Waals surface area contributed by atoms with Crippen LogP contribution in [-0.4, -0.2) is 26.5 Å². The van der Waals surface area contributed by atoms with Crippen molar-refractivity contribution in [3.8, 4) is 5.75 Å². The predicted molar refractivity (Wildman–Crippen MR) is 94.1 cm³/mol. The van der Waals surface area contributed by atoms with Gasteiger partial charge in [-0.05, 0) is 38.6 Å². The monoisotopic (exact) mass is 404 g/mol. The van der Waals surface area contributed by atoms with Crippen LogP contribution in [0.2, 0.25) is 0 Å². The molecule has 0 spiro atoms. The zero-order valence-corrected chi connectivity index (χ0v) is 16.0. The third-order valence-electron chi connectivity index (χ3n) is 4.04. The van der Waals surface area contributed by atoms with Crippen LogP contribution >= 0.6 is 0 Å².